The summed E-state index contributed by atoms with van der Waals surface area (Å²) in [4.78, 5) is 3.94. The fourth-order valence-electron chi connectivity index (χ4n) is 1.21. The third-order valence-corrected chi connectivity index (χ3v) is 3.14. The Kier molecular flexibility index (Phi) is 2.89. The van der Waals surface area contributed by atoms with Crippen LogP contribution in [-0.4, -0.2) is 4.98 Å². The molecule has 0 atom stereocenters. The minimum Gasteiger partial charge on any atom is -0.224 e. The monoisotopic (exact) mass is 309 g/mol. The highest BCUT2D eigenvalue weighted by atomic mass is 79.9. The maximum atomic E-state index is 5.93. The van der Waals surface area contributed by atoms with Crippen molar-refractivity contribution < 1.29 is 0 Å². The molecule has 1 nitrogen and oxygen atoms in total. The number of rotatable bonds is 0. The Bertz CT molecular complexity index is 466. The fraction of sp³-hybridized carbons (Fsp3) is 0. The molecule has 0 spiro atoms. The summed E-state index contributed by atoms with van der Waals surface area (Å²) >= 11 is 21.0. The molecule has 1 aromatic heterocycles. The molecule has 14 heavy (non-hydrogen) atoms. The number of fused-ring (bicyclic) bond motifs is 1. The molecule has 1 heterocycles. The minimum atomic E-state index is 0.357. The molecule has 1 aromatic carbocycles. The van der Waals surface area contributed by atoms with Crippen LogP contribution < -0.4 is 0 Å². The van der Waals surface area contributed by atoms with E-state index in [1.54, 1.807) is 18.2 Å². The van der Waals surface area contributed by atoms with Gasteiger partial charge in [-0.15, -0.1) is 0 Å². The molecule has 2 rings (SSSR count). The van der Waals surface area contributed by atoms with Gasteiger partial charge in [-0.25, -0.2) is 4.98 Å². The topological polar surface area (TPSA) is 12.9 Å². The van der Waals surface area contributed by atoms with Gasteiger partial charge in [-0.1, -0.05) is 50.7 Å². The van der Waals surface area contributed by atoms with Crippen molar-refractivity contribution in [2.45, 2.75) is 0 Å². The molecule has 0 N–H and O–H groups in total. The van der Waals surface area contributed by atoms with Gasteiger partial charge in [-0.2, -0.15) is 0 Å². The molecule has 0 unspecified atom stereocenters. The SMILES string of the molecule is Clc1cc(Br)c2cc(Cl)nc(Cl)c2c1. The van der Waals surface area contributed by atoms with Gasteiger partial charge in [0.05, 0.1) is 0 Å². The van der Waals surface area contributed by atoms with Gasteiger partial charge in [0.2, 0.25) is 0 Å². The van der Waals surface area contributed by atoms with Crippen molar-refractivity contribution in [3.8, 4) is 0 Å². The normalized spacial score (nSPS) is 10.9. The molecular weight excluding hydrogens is 308 g/mol. The Morgan fingerprint density at radius 1 is 1.00 bits per heavy atom. The van der Waals surface area contributed by atoms with E-state index in [0.29, 0.717) is 15.3 Å². The van der Waals surface area contributed by atoms with Crippen LogP contribution in [0.5, 0.6) is 0 Å². The van der Waals surface area contributed by atoms with E-state index in [1.165, 1.54) is 0 Å². The molecule has 2 aromatic rings. The predicted molar refractivity (Wildman–Crippen MR) is 64.5 cm³/mol. The van der Waals surface area contributed by atoms with Crippen LogP contribution in [0.15, 0.2) is 22.7 Å². The summed E-state index contributed by atoms with van der Waals surface area (Å²) in [5.41, 5.74) is 0. The van der Waals surface area contributed by atoms with Gasteiger partial charge < -0.3 is 0 Å². The molecule has 0 aliphatic carbocycles. The van der Waals surface area contributed by atoms with Crippen LogP contribution in [0, 0.1) is 0 Å². The molecule has 0 radical (unpaired) electrons. The van der Waals surface area contributed by atoms with Crippen molar-refractivity contribution in [2.75, 3.05) is 0 Å². The van der Waals surface area contributed by atoms with E-state index in [4.69, 9.17) is 34.8 Å². The Morgan fingerprint density at radius 3 is 2.43 bits per heavy atom. The predicted octanol–water partition coefficient (Wildman–Crippen LogP) is 4.96. The Morgan fingerprint density at radius 2 is 1.71 bits per heavy atom. The first kappa shape index (κ1) is 10.5. The summed E-state index contributed by atoms with van der Waals surface area (Å²) < 4.78 is 0.853. The zero-order valence-corrected chi connectivity index (χ0v) is 10.5. The average Bonchev–Trinajstić information content (AvgIpc) is 2.07. The van der Waals surface area contributed by atoms with Crippen LogP contribution in [0.3, 0.4) is 0 Å². The highest BCUT2D eigenvalue weighted by Gasteiger charge is 2.07. The number of pyridine rings is 1. The van der Waals surface area contributed by atoms with Gasteiger partial charge in [-0.3, -0.25) is 0 Å². The van der Waals surface area contributed by atoms with Crippen molar-refractivity contribution in [3.63, 3.8) is 0 Å². The highest BCUT2D eigenvalue weighted by Crippen LogP contribution is 2.33. The molecule has 0 fully saturated rings. The maximum absolute atomic E-state index is 5.93. The summed E-state index contributed by atoms with van der Waals surface area (Å²) in [5.74, 6) is 0. The summed E-state index contributed by atoms with van der Waals surface area (Å²) in [6.45, 7) is 0. The maximum Gasteiger partial charge on any atom is 0.138 e. The van der Waals surface area contributed by atoms with Crippen molar-refractivity contribution in [2.24, 2.45) is 0 Å². The van der Waals surface area contributed by atoms with Gasteiger partial charge in [0.25, 0.3) is 0 Å². The fourth-order valence-corrected chi connectivity index (χ4v) is 2.62. The molecule has 0 aliphatic rings. The quantitative estimate of drug-likeness (QED) is 0.627. The van der Waals surface area contributed by atoms with Crippen LogP contribution in [0.25, 0.3) is 10.8 Å². The summed E-state index contributed by atoms with van der Waals surface area (Å²) in [5, 5.41) is 3.02. The molecule has 5 heteroatoms. The summed E-state index contributed by atoms with van der Waals surface area (Å²) in [6.07, 6.45) is 0. The molecule has 0 amide bonds. The Balaban J connectivity index is 2.94. The van der Waals surface area contributed by atoms with E-state index in [0.717, 1.165) is 15.2 Å². The first-order valence-electron chi connectivity index (χ1n) is 3.69. The minimum absolute atomic E-state index is 0.357. The van der Waals surface area contributed by atoms with E-state index in [1.807, 2.05) is 0 Å². The second-order valence-corrected chi connectivity index (χ2v) is 4.75. The smallest absolute Gasteiger partial charge is 0.138 e. The third-order valence-electron chi connectivity index (χ3n) is 1.78. The Hall–Kier alpha value is -0.0200. The number of nitrogens with zero attached hydrogens (tertiary/aromatic N) is 1. The van der Waals surface area contributed by atoms with Gasteiger partial charge in [0.1, 0.15) is 10.3 Å². The van der Waals surface area contributed by atoms with Gasteiger partial charge in [-0.05, 0) is 18.2 Å². The lowest BCUT2D eigenvalue weighted by Gasteiger charge is -2.03. The zero-order valence-electron chi connectivity index (χ0n) is 6.69. The number of hydrogen-bond acceptors (Lipinski definition) is 1. The molecule has 0 bridgehead atoms. The molecule has 0 aliphatic heterocycles. The van der Waals surface area contributed by atoms with E-state index in [9.17, 15) is 0 Å². The van der Waals surface area contributed by atoms with E-state index >= 15 is 0 Å². The van der Waals surface area contributed by atoms with Crippen LogP contribution >= 0.6 is 50.7 Å². The summed E-state index contributed by atoms with van der Waals surface area (Å²) in [7, 11) is 0. The lowest BCUT2D eigenvalue weighted by molar-refractivity contribution is 1.36. The molecule has 0 saturated heterocycles. The number of benzene rings is 1. The first-order chi connectivity index (χ1) is 6.58. The number of aromatic nitrogens is 1. The van der Waals surface area contributed by atoms with Crippen LogP contribution in [-0.2, 0) is 0 Å². The van der Waals surface area contributed by atoms with Crippen molar-refractivity contribution in [1.29, 1.82) is 0 Å². The number of hydrogen-bond donors (Lipinski definition) is 0. The average molecular weight is 311 g/mol. The molecule has 72 valence electrons. The number of halogens is 4. The second kappa shape index (κ2) is 3.86. The van der Waals surface area contributed by atoms with Crippen molar-refractivity contribution in [1.82, 2.24) is 4.98 Å². The van der Waals surface area contributed by atoms with Crippen LogP contribution in [0.4, 0.5) is 0 Å². The van der Waals surface area contributed by atoms with Gasteiger partial charge >= 0.3 is 0 Å². The Labute approximate surface area is 104 Å². The zero-order chi connectivity index (χ0) is 10.3. The van der Waals surface area contributed by atoms with Crippen LogP contribution in [0.1, 0.15) is 0 Å². The molecular formula is C9H3BrCl3N. The second-order valence-electron chi connectivity index (χ2n) is 2.72. The van der Waals surface area contributed by atoms with E-state index in [-0.39, 0.29) is 0 Å². The lowest BCUT2D eigenvalue weighted by Crippen LogP contribution is -1.82. The lowest BCUT2D eigenvalue weighted by atomic mass is 10.2. The van der Waals surface area contributed by atoms with Gasteiger partial charge in [0, 0.05) is 20.3 Å². The highest BCUT2D eigenvalue weighted by molar-refractivity contribution is 9.10. The van der Waals surface area contributed by atoms with Gasteiger partial charge in [0.15, 0.2) is 0 Å². The first-order valence-corrected chi connectivity index (χ1v) is 5.61. The largest absolute Gasteiger partial charge is 0.224 e. The molecule has 0 saturated carbocycles. The van der Waals surface area contributed by atoms with Crippen LogP contribution in [0.2, 0.25) is 15.3 Å². The standard InChI is InChI=1S/C9H3BrCl3N/c10-7-2-4(11)1-6-5(7)3-8(12)14-9(6)13/h1-3H. The van der Waals surface area contributed by atoms with E-state index in [2.05, 4.69) is 20.9 Å². The van der Waals surface area contributed by atoms with Crippen molar-refractivity contribution >= 4 is 61.5 Å². The third kappa shape index (κ3) is 1.84. The van der Waals surface area contributed by atoms with Crippen molar-refractivity contribution in [3.05, 3.63) is 38.0 Å². The van der Waals surface area contributed by atoms with E-state index < -0.39 is 0 Å². The summed E-state index contributed by atoms with van der Waals surface area (Å²) in [6, 6.07) is 5.28.